The lowest BCUT2D eigenvalue weighted by Gasteiger charge is -2.31. The summed E-state index contributed by atoms with van der Waals surface area (Å²) in [5.41, 5.74) is 5.72. The minimum atomic E-state index is 0.737. The van der Waals surface area contributed by atoms with Gasteiger partial charge in [-0.25, -0.2) is 0 Å². The van der Waals surface area contributed by atoms with Crippen molar-refractivity contribution in [2.45, 2.75) is 12.8 Å². The lowest BCUT2D eigenvalue weighted by Crippen LogP contribution is -2.36. The van der Waals surface area contributed by atoms with Gasteiger partial charge < -0.3 is 14.5 Å². The van der Waals surface area contributed by atoms with Crippen molar-refractivity contribution in [1.29, 1.82) is 0 Å². The highest BCUT2D eigenvalue weighted by molar-refractivity contribution is 5.80. The summed E-state index contributed by atoms with van der Waals surface area (Å²) < 4.78 is 5.44. The fourth-order valence-corrected chi connectivity index (χ4v) is 3.23. The van der Waals surface area contributed by atoms with Gasteiger partial charge in [0.25, 0.3) is 0 Å². The molecule has 0 atom stereocenters. The number of hydrogen-bond acceptors (Lipinski definition) is 4. The Labute approximate surface area is 138 Å². The number of morpholine rings is 1. The summed E-state index contributed by atoms with van der Waals surface area (Å²) in [6.45, 7) is 3.20. The molecule has 2 aliphatic rings. The average molecular weight is 312 g/mol. The minimum absolute atomic E-state index is 0.737. The highest BCUT2D eigenvalue weighted by Crippen LogP contribution is 2.34. The van der Waals surface area contributed by atoms with Crippen LogP contribution in [0.3, 0.4) is 0 Å². The Kier molecular flexibility index (Phi) is 4.82. The van der Waals surface area contributed by atoms with E-state index in [9.17, 15) is 4.79 Å². The molecule has 4 heteroatoms. The van der Waals surface area contributed by atoms with E-state index in [1.165, 1.54) is 16.8 Å². The molecule has 23 heavy (non-hydrogen) atoms. The van der Waals surface area contributed by atoms with Crippen molar-refractivity contribution in [2.24, 2.45) is 0 Å². The third-order valence-corrected chi connectivity index (χ3v) is 4.49. The van der Waals surface area contributed by atoms with Crippen LogP contribution in [0, 0.1) is 0 Å². The molecule has 0 aromatic heterocycles. The number of carbonyl (C=O) groups is 1. The van der Waals surface area contributed by atoms with Crippen molar-refractivity contribution in [3.63, 3.8) is 0 Å². The van der Waals surface area contributed by atoms with Gasteiger partial charge in [-0.05, 0) is 42.2 Å². The smallest absolute Gasteiger partial charge is 0.148 e. The van der Waals surface area contributed by atoms with E-state index < -0.39 is 0 Å². The van der Waals surface area contributed by atoms with Gasteiger partial charge in [0, 0.05) is 44.1 Å². The summed E-state index contributed by atoms with van der Waals surface area (Å²) in [5, 5.41) is 0. The van der Waals surface area contributed by atoms with Crippen molar-refractivity contribution in [1.82, 2.24) is 4.90 Å². The Bertz CT molecular complexity index is 623. The van der Waals surface area contributed by atoms with Gasteiger partial charge in [-0.2, -0.15) is 0 Å². The second-order valence-electron chi connectivity index (χ2n) is 6.25. The number of anilines is 1. The Balaban J connectivity index is 1.87. The number of aldehydes is 1. The maximum Gasteiger partial charge on any atom is 0.148 e. The Hall–Kier alpha value is -2.07. The molecular weight excluding hydrogens is 288 g/mol. The molecule has 0 saturated carbocycles. The molecule has 0 bridgehead atoms. The van der Waals surface area contributed by atoms with Gasteiger partial charge in [-0.15, -0.1) is 0 Å². The van der Waals surface area contributed by atoms with Crippen LogP contribution in [-0.4, -0.2) is 51.6 Å². The van der Waals surface area contributed by atoms with Crippen molar-refractivity contribution >= 4 is 18.0 Å². The normalized spacial score (nSPS) is 20.3. The number of ether oxygens (including phenoxy) is 1. The molecule has 1 aromatic carbocycles. The van der Waals surface area contributed by atoms with Crippen molar-refractivity contribution in [3.05, 3.63) is 46.7 Å². The Morgan fingerprint density at radius 3 is 2.39 bits per heavy atom. The molecule has 0 N–H and O–H groups in total. The number of rotatable bonds is 4. The Morgan fingerprint density at radius 1 is 1.09 bits per heavy atom. The van der Waals surface area contributed by atoms with Crippen LogP contribution in [0.15, 0.2) is 41.1 Å². The maximum atomic E-state index is 11.4. The van der Waals surface area contributed by atoms with Crippen LogP contribution >= 0.6 is 0 Å². The number of benzene rings is 1. The van der Waals surface area contributed by atoms with Crippen LogP contribution in [0.2, 0.25) is 0 Å². The fourth-order valence-electron chi connectivity index (χ4n) is 3.23. The van der Waals surface area contributed by atoms with Gasteiger partial charge in [-0.1, -0.05) is 12.1 Å². The average Bonchev–Trinajstić information content (AvgIpc) is 2.99. The lowest BCUT2D eigenvalue weighted by atomic mass is 10.1. The van der Waals surface area contributed by atoms with Crippen LogP contribution in [0.4, 0.5) is 5.69 Å². The highest BCUT2D eigenvalue weighted by atomic mass is 16.5. The van der Waals surface area contributed by atoms with E-state index >= 15 is 0 Å². The molecule has 1 heterocycles. The molecule has 1 aliphatic carbocycles. The number of nitrogens with zero attached hydrogens (tertiary/aromatic N) is 2. The van der Waals surface area contributed by atoms with Crippen LogP contribution in [0.1, 0.15) is 18.4 Å². The molecule has 0 amide bonds. The highest BCUT2D eigenvalue weighted by Gasteiger charge is 2.25. The van der Waals surface area contributed by atoms with E-state index in [1.54, 1.807) is 0 Å². The molecule has 0 spiro atoms. The first-order chi connectivity index (χ1) is 11.2. The van der Waals surface area contributed by atoms with Gasteiger partial charge in [0.15, 0.2) is 0 Å². The van der Waals surface area contributed by atoms with E-state index in [0.717, 1.165) is 56.7 Å². The van der Waals surface area contributed by atoms with E-state index in [4.69, 9.17) is 4.74 Å². The standard InChI is InChI=1S/C19H24N2O2/c1-20(2)18-7-3-15(4-8-18)13-16-5-6-17(14-22)19(16)21-9-11-23-12-10-21/h3-4,7-8,13-14H,5-6,9-12H2,1-2H3/b16-13+. The first-order valence-electron chi connectivity index (χ1n) is 8.18. The van der Waals surface area contributed by atoms with Crippen LogP contribution in [-0.2, 0) is 9.53 Å². The second-order valence-corrected chi connectivity index (χ2v) is 6.25. The SMILES string of the molecule is CN(C)c1ccc(/C=C2\CCC(C=O)=C2N2CCOCC2)cc1. The first kappa shape index (κ1) is 15.8. The summed E-state index contributed by atoms with van der Waals surface area (Å²) in [6, 6.07) is 8.52. The minimum Gasteiger partial charge on any atom is -0.378 e. The van der Waals surface area contributed by atoms with Crippen molar-refractivity contribution in [3.8, 4) is 0 Å². The van der Waals surface area contributed by atoms with Crippen LogP contribution in [0.25, 0.3) is 6.08 Å². The zero-order chi connectivity index (χ0) is 16.2. The molecule has 1 saturated heterocycles. The van der Waals surface area contributed by atoms with E-state index in [0.29, 0.717) is 0 Å². The molecule has 1 fully saturated rings. The quantitative estimate of drug-likeness (QED) is 0.800. The predicted molar refractivity (Wildman–Crippen MR) is 93.5 cm³/mol. The van der Waals surface area contributed by atoms with Gasteiger partial charge in [0.2, 0.25) is 0 Å². The number of carbonyl (C=O) groups excluding carboxylic acids is 1. The number of hydrogen-bond donors (Lipinski definition) is 0. The van der Waals surface area contributed by atoms with Gasteiger partial charge >= 0.3 is 0 Å². The van der Waals surface area contributed by atoms with Crippen LogP contribution < -0.4 is 4.90 Å². The number of allylic oxidation sites excluding steroid dienone is 2. The van der Waals surface area contributed by atoms with E-state index in [-0.39, 0.29) is 0 Å². The van der Waals surface area contributed by atoms with Gasteiger partial charge in [0.1, 0.15) is 6.29 Å². The zero-order valence-electron chi connectivity index (χ0n) is 13.9. The molecule has 4 nitrogen and oxygen atoms in total. The summed E-state index contributed by atoms with van der Waals surface area (Å²) in [4.78, 5) is 15.8. The summed E-state index contributed by atoms with van der Waals surface area (Å²) in [7, 11) is 4.08. The molecular formula is C19H24N2O2. The Morgan fingerprint density at radius 2 is 1.78 bits per heavy atom. The molecule has 1 aliphatic heterocycles. The molecule has 1 aromatic rings. The topological polar surface area (TPSA) is 32.8 Å². The van der Waals surface area contributed by atoms with Crippen LogP contribution in [0.5, 0.6) is 0 Å². The van der Waals surface area contributed by atoms with Gasteiger partial charge in [0.05, 0.1) is 13.2 Å². The third kappa shape index (κ3) is 3.48. The summed E-state index contributed by atoms with van der Waals surface area (Å²) in [5.74, 6) is 0. The zero-order valence-corrected chi connectivity index (χ0v) is 13.9. The monoisotopic (exact) mass is 312 g/mol. The van der Waals surface area contributed by atoms with Gasteiger partial charge in [-0.3, -0.25) is 4.79 Å². The summed E-state index contributed by atoms with van der Waals surface area (Å²) >= 11 is 0. The van der Waals surface area contributed by atoms with Crippen molar-refractivity contribution < 1.29 is 9.53 Å². The lowest BCUT2D eigenvalue weighted by molar-refractivity contribution is -0.105. The van der Waals surface area contributed by atoms with E-state index in [1.807, 2.05) is 14.1 Å². The van der Waals surface area contributed by atoms with E-state index in [2.05, 4.69) is 40.1 Å². The molecule has 3 rings (SSSR count). The molecule has 0 unspecified atom stereocenters. The predicted octanol–water partition coefficient (Wildman–Crippen LogP) is 2.72. The second kappa shape index (κ2) is 7.01. The largest absolute Gasteiger partial charge is 0.378 e. The molecule has 0 radical (unpaired) electrons. The van der Waals surface area contributed by atoms with Crippen molar-refractivity contribution in [2.75, 3.05) is 45.3 Å². The maximum absolute atomic E-state index is 11.4. The third-order valence-electron chi connectivity index (χ3n) is 4.49. The first-order valence-corrected chi connectivity index (χ1v) is 8.18. The molecule has 122 valence electrons. The fraction of sp³-hybridized carbons (Fsp3) is 0.421. The summed E-state index contributed by atoms with van der Waals surface area (Å²) in [6.07, 6.45) is 5.04.